The van der Waals surface area contributed by atoms with Crippen LogP contribution in [-0.2, 0) is 9.26 Å². The van der Waals surface area contributed by atoms with E-state index in [1.165, 1.54) is 83.5 Å². The van der Waals surface area contributed by atoms with E-state index in [0.717, 1.165) is 12.8 Å². The predicted molar refractivity (Wildman–Crippen MR) is 105 cm³/mol. The molecule has 0 rings (SSSR count). The first-order valence-electron chi connectivity index (χ1n) is 10.2. The molecule has 0 aliphatic heterocycles. The summed E-state index contributed by atoms with van der Waals surface area (Å²) in [6.45, 7) is 4.94. The predicted octanol–water partition coefficient (Wildman–Crippen LogP) is 6.41. The van der Waals surface area contributed by atoms with Gasteiger partial charge in [-0.25, -0.2) is 0 Å². The highest BCUT2D eigenvalue weighted by Gasteiger charge is 2.10. The van der Waals surface area contributed by atoms with Crippen molar-refractivity contribution in [1.82, 2.24) is 0 Å². The maximum absolute atomic E-state index is 9.02. The van der Waals surface area contributed by atoms with E-state index in [0.29, 0.717) is 6.61 Å². The average molecular weight is 364 g/mol. The van der Waals surface area contributed by atoms with Crippen LogP contribution < -0.4 is 5.50 Å². The summed E-state index contributed by atoms with van der Waals surface area (Å²) in [4.78, 5) is 9.02. The zero-order valence-electron chi connectivity index (χ0n) is 16.2. The Labute approximate surface area is 151 Å². The lowest BCUT2D eigenvalue weighted by Gasteiger charge is -2.17. The molecule has 0 aromatic heterocycles. The molecule has 3 N–H and O–H groups in total. The van der Waals surface area contributed by atoms with Crippen LogP contribution in [0.15, 0.2) is 0 Å². The Morgan fingerprint density at radius 2 is 1.17 bits per heavy atom. The molecule has 5 heteroatoms. The van der Waals surface area contributed by atoms with Crippen molar-refractivity contribution in [3.8, 4) is 0 Å². The van der Waals surface area contributed by atoms with Crippen LogP contribution in [0.3, 0.4) is 0 Å². The molecule has 4 nitrogen and oxygen atoms in total. The first kappa shape index (κ1) is 24.3. The van der Waals surface area contributed by atoms with E-state index >= 15 is 0 Å². The van der Waals surface area contributed by atoms with Crippen LogP contribution in [0.2, 0.25) is 0 Å². The van der Waals surface area contributed by atoms with Crippen LogP contribution in [0, 0.1) is 0 Å². The lowest BCUT2D eigenvalue weighted by molar-refractivity contribution is -0.0814. The van der Waals surface area contributed by atoms with Gasteiger partial charge in [0.25, 0.3) is 8.53 Å². The van der Waals surface area contributed by atoms with Crippen LogP contribution in [0.25, 0.3) is 0 Å². The Kier molecular flexibility index (Phi) is 19.8. The minimum Gasteiger partial charge on any atom is -0.352 e. The molecule has 2 atom stereocenters. The van der Waals surface area contributed by atoms with E-state index in [1.807, 2.05) is 6.92 Å². The molecule has 0 aliphatic carbocycles. The smallest absolute Gasteiger partial charge is 0.252 e. The Bertz CT molecular complexity index is 243. The third-order valence-corrected chi connectivity index (χ3v) is 4.81. The molecule has 0 saturated heterocycles. The van der Waals surface area contributed by atoms with Crippen LogP contribution in [0.5, 0.6) is 0 Å². The molecule has 0 heterocycles. The van der Waals surface area contributed by atoms with E-state index in [1.54, 1.807) is 0 Å². The number of ether oxygens (including phenoxy) is 1. The highest BCUT2D eigenvalue weighted by atomic mass is 31.2. The largest absolute Gasteiger partial charge is 0.352 e. The molecule has 0 amide bonds. The molecule has 0 aromatic rings. The highest BCUT2D eigenvalue weighted by molar-refractivity contribution is 7.43. The molecular weight excluding hydrogens is 321 g/mol. The number of rotatable bonds is 19. The van der Waals surface area contributed by atoms with Gasteiger partial charge in [-0.15, -0.1) is 0 Å². The molecule has 0 aromatic carbocycles. The molecule has 24 heavy (non-hydrogen) atoms. The molecule has 0 aliphatic rings. The maximum atomic E-state index is 9.02. The first-order chi connectivity index (χ1) is 11.7. The van der Waals surface area contributed by atoms with Crippen LogP contribution in [0.4, 0.5) is 0 Å². The first-order valence-corrected chi connectivity index (χ1v) is 11.5. The fourth-order valence-electron chi connectivity index (χ4n) is 2.85. The van der Waals surface area contributed by atoms with E-state index in [9.17, 15) is 0 Å². The summed E-state index contributed by atoms with van der Waals surface area (Å²) in [5.41, 5.74) is 5.24. The number of unbranched alkanes of at least 4 members (excludes halogenated alkanes) is 13. The van der Waals surface area contributed by atoms with E-state index in [-0.39, 0.29) is 6.29 Å². The van der Waals surface area contributed by atoms with Gasteiger partial charge in [0.1, 0.15) is 0 Å². The molecule has 146 valence electrons. The van der Waals surface area contributed by atoms with Crippen molar-refractivity contribution in [3.05, 3.63) is 0 Å². The van der Waals surface area contributed by atoms with Crippen LogP contribution in [-0.4, -0.2) is 17.8 Å². The number of hydrogen-bond acceptors (Lipinski definition) is 4. The zero-order valence-corrected chi connectivity index (χ0v) is 17.1. The molecule has 2 unspecified atom stereocenters. The van der Waals surface area contributed by atoms with Gasteiger partial charge >= 0.3 is 0 Å². The van der Waals surface area contributed by atoms with Crippen molar-refractivity contribution in [2.75, 3.05) is 6.61 Å². The number of nitrogens with two attached hydrogens (primary N) is 1. The standard InChI is InChI=1S/C19H42NO3P/c1-3-5-6-7-8-9-10-11-12-13-14-15-16-17-18-22-19(4-2)23-24(20)21/h19,21H,3-18,20H2,1-2H3. The molecule has 0 saturated carbocycles. The lowest BCUT2D eigenvalue weighted by atomic mass is 10.0. The minimum absolute atomic E-state index is 0.354. The summed E-state index contributed by atoms with van der Waals surface area (Å²) in [5, 5.41) is 0. The molecular formula is C19H42NO3P. The Morgan fingerprint density at radius 1 is 0.750 bits per heavy atom. The Hall–Kier alpha value is 0.270. The van der Waals surface area contributed by atoms with Crippen LogP contribution >= 0.6 is 8.53 Å². The maximum Gasteiger partial charge on any atom is 0.252 e. The van der Waals surface area contributed by atoms with Gasteiger partial charge in [0.15, 0.2) is 6.29 Å². The van der Waals surface area contributed by atoms with Crippen molar-refractivity contribution < 1.29 is 14.2 Å². The fourth-order valence-corrected chi connectivity index (χ4v) is 3.31. The second-order valence-electron chi connectivity index (χ2n) is 6.71. The SMILES string of the molecule is CCCCCCCCCCCCCCCCOC(CC)OP(N)O. The average Bonchev–Trinajstić information content (AvgIpc) is 2.56. The summed E-state index contributed by atoms with van der Waals surface area (Å²) >= 11 is 0. The van der Waals surface area contributed by atoms with Gasteiger partial charge in [-0.3, -0.25) is 10.0 Å². The van der Waals surface area contributed by atoms with Gasteiger partial charge in [-0.2, -0.15) is 0 Å². The molecule has 0 radical (unpaired) electrons. The molecule has 0 spiro atoms. The summed E-state index contributed by atoms with van der Waals surface area (Å²) in [6.07, 6.45) is 19.4. The third-order valence-electron chi connectivity index (χ3n) is 4.36. The topological polar surface area (TPSA) is 64.7 Å². The van der Waals surface area contributed by atoms with Gasteiger partial charge in [-0.05, 0) is 12.8 Å². The van der Waals surface area contributed by atoms with Gasteiger partial charge in [-0.1, -0.05) is 97.3 Å². The fraction of sp³-hybridized carbons (Fsp3) is 1.00. The molecule has 0 fully saturated rings. The number of hydrogen-bond donors (Lipinski definition) is 2. The second-order valence-corrected chi connectivity index (χ2v) is 7.53. The van der Waals surface area contributed by atoms with Crippen molar-refractivity contribution >= 4 is 8.53 Å². The summed E-state index contributed by atoms with van der Waals surface area (Å²) < 4.78 is 10.7. The second kappa shape index (κ2) is 19.6. The van der Waals surface area contributed by atoms with E-state index in [2.05, 4.69) is 6.92 Å². The monoisotopic (exact) mass is 363 g/mol. The summed E-state index contributed by atoms with van der Waals surface area (Å²) in [6, 6.07) is 0. The minimum atomic E-state index is -1.81. The highest BCUT2D eigenvalue weighted by Crippen LogP contribution is 2.24. The van der Waals surface area contributed by atoms with Gasteiger partial charge in [0.05, 0.1) is 0 Å². The Balaban J connectivity index is 3.14. The van der Waals surface area contributed by atoms with Gasteiger partial charge < -0.3 is 9.63 Å². The summed E-state index contributed by atoms with van der Waals surface area (Å²) in [5.74, 6) is 0. The van der Waals surface area contributed by atoms with Crippen molar-refractivity contribution in [1.29, 1.82) is 0 Å². The van der Waals surface area contributed by atoms with E-state index < -0.39 is 8.53 Å². The van der Waals surface area contributed by atoms with E-state index in [4.69, 9.17) is 19.7 Å². The lowest BCUT2D eigenvalue weighted by Crippen LogP contribution is -2.16. The van der Waals surface area contributed by atoms with Crippen molar-refractivity contribution in [2.45, 2.75) is 116 Å². The summed E-state index contributed by atoms with van der Waals surface area (Å²) in [7, 11) is -1.81. The van der Waals surface area contributed by atoms with Crippen LogP contribution in [0.1, 0.15) is 110 Å². The zero-order chi connectivity index (χ0) is 17.9. The van der Waals surface area contributed by atoms with Gasteiger partial charge in [0, 0.05) is 6.61 Å². The van der Waals surface area contributed by atoms with Gasteiger partial charge in [0.2, 0.25) is 0 Å². The quantitative estimate of drug-likeness (QED) is 0.158. The molecule has 0 bridgehead atoms. The van der Waals surface area contributed by atoms with Crippen molar-refractivity contribution in [2.24, 2.45) is 5.50 Å². The normalized spacial score (nSPS) is 14.0. The third kappa shape index (κ3) is 18.6. The van der Waals surface area contributed by atoms with Crippen molar-refractivity contribution in [3.63, 3.8) is 0 Å². The Morgan fingerprint density at radius 3 is 1.54 bits per heavy atom.